The second-order valence-electron chi connectivity index (χ2n) is 14.8. The maximum absolute atomic E-state index is 13.1. The first kappa shape index (κ1) is 43.9. The summed E-state index contributed by atoms with van der Waals surface area (Å²) >= 11 is 7.36. The Bertz CT molecular complexity index is 1750. The summed E-state index contributed by atoms with van der Waals surface area (Å²) in [7, 11) is 0. The van der Waals surface area contributed by atoms with Crippen molar-refractivity contribution in [2.45, 2.75) is 75.9 Å². The van der Waals surface area contributed by atoms with Crippen LogP contribution in [0, 0.1) is 5.92 Å². The highest BCUT2D eigenvalue weighted by Crippen LogP contribution is 2.33. The Morgan fingerprint density at radius 3 is 2.09 bits per heavy atom. The van der Waals surface area contributed by atoms with Crippen molar-refractivity contribution < 1.29 is 38.4 Å². The normalized spacial score (nSPS) is 20.3. The average Bonchev–Trinajstić information content (AvgIpc) is 3.87. The number of unbranched alkanes of at least 4 members (excludes halogenated alkanes) is 1. The zero-order valence-corrected chi connectivity index (χ0v) is 34.3. The van der Waals surface area contributed by atoms with Gasteiger partial charge in [0.15, 0.2) is 5.11 Å². The zero-order chi connectivity index (χ0) is 41.8. The molecule has 3 fully saturated rings. The summed E-state index contributed by atoms with van der Waals surface area (Å²) in [6.07, 6.45) is 5.25. The molecule has 0 aliphatic carbocycles. The lowest BCUT2D eigenvalue weighted by Crippen LogP contribution is -2.56. The first-order chi connectivity index (χ1) is 27.8. The number of imide groups is 1. The largest absolute Gasteiger partial charge is 0.352 e. The highest BCUT2D eigenvalue weighted by molar-refractivity contribution is 8.00. The summed E-state index contributed by atoms with van der Waals surface area (Å²) in [5.41, 5.74) is 1.61. The summed E-state index contributed by atoms with van der Waals surface area (Å²) in [4.78, 5) is 102. The molecule has 18 nitrogen and oxygen atoms in total. The molecule has 3 saturated heterocycles. The Labute approximate surface area is 346 Å². The maximum Gasteiger partial charge on any atom is 0.315 e. The topological polar surface area (TPSA) is 230 Å². The van der Waals surface area contributed by atoms with Crippen LogP contribution < -0.4 is 37.2 Å². The van der Waals surface area contributed by atoms with E-state index in [1.807, 2.05) is 49.9 Å². The quantitative estimate of drug-likeness (QED) is 0.0432. The molecule has 5 rings (SSSR count). The Hall–Kier alpha value is -5.24. The molecule has 4 atom stereocenters. The lowest BCUT2D eigenvalue weighted by atomic mass is 10.0. The highest BCUT2D eigenvalue weighted by atomic mass is 32.2. The fourth-order valence-corrected chi connectivity index (χ4v) is 8.73. The van der Waals surface area contributed by atoms with E-state index in [-0.39, 0.29) is 99.1 Å². The number of piperazine rings is 1. The number of nitrogens with zero attached hydrogens (tertiary/aromatic N) is 3. The molecule has 0 aromatic heterocycles. The number of carbonyl (C=O) groups excluding carboxylic acids is 8. The number of hydrogen-bond donors (Lipinski definition) is 7. The molecule has 58 heavy (non-hydrogen) atoms. The third-order valence-corrected chi connectivity index (χ3v) is 12.0. The number of hydrogen-bond acceptors (Lipinski definition) is 10. The van der Waals surface area contributed by atoms with Gasteiger partial charge < -0.3 is 47.0 Å². The van der Waals surface area contributed by atoms with Crippen LogP contribution >= 0.6 is 24.0 Å². The number of amides is 9. The summed E-state index contributed by atoms with van der Waals surface area (Å²) in [6, 6.07) is 6.96. The van der Waals surface area contributed by atoms with Gasteiger partial charge in [-0.15, -0.1) is 0 Å². The van der Waals surface area contributed by atoms with Crippen LogP contribution in [0.4, 0.5) is 10.5 Å². The smallest absolute Gasteiger partial charge is 0.315 e. The van der Waals surface area contributed by atoms with E-state index in [2.05, 4.69) is 37.2 Å². The number of rotatable bonds is 18. The Morgan fingerprint density at radius 1 is 0.828 bits per heavy atom. The Morgan fingerprint density at radius 2 is 1.45 bits per heavy atom. The Balaban J connectivity index is 0.932. The minimum atomic E-state index is -0.727. The predicted molar refractivity (Wildman–Crippen MR) is 220 cm³/mol. The van der Waals surface area contributed by atoms with Crippen molar-refractivity contribution >= 4 is 82.2 Å². The summed E-state index contributed by atoms with van der Waals surface area (Å²) < 4.78 is 0. The molecular formula is C38H52N10O8S2. The van der Waals surface area contributed by atoms with E-state index in [1.165, 1.54) is 4.90 Å². The van der Waals surface area contributed by atoms with Gasteiger partial charge in [-0.25, -0.2) is 4.79 Å². The molecule has 1 aromatic carbocycles. The number of thiocarbonyl (C=S) groups is 1. The van der Waals surface area contributed by atoms with Crippen LogP contribution in [0.3, 0.4) is 0 Å². The second kappa shape index (κ2) is 21.0. The number of carbonyl (C=O) groups is 8. The van der Waals surface area contributed by atoms with Crippen LogP contribution in [0.2, 0.25) is 0 Å². The molecule has 7 N–H and O–H groups in total. The molecule has 0 radical (unpaired) electrons. The number of thioether (sulfide) groups is 1. The van der Waals surface area contributed by atoms with E-state index in [4.69, 9.17) is 12.2 Å². The monoisotopic (exact) mass is 840 g/mol. The van der Waals surface area contributed by atoms with Crippen molar-refractivity contribution in [2.75, 3.05) is 56.9 Å². The zero-order valence-electron chi connectivity index (χ0n) is 32.7. The fourth-order valence-electron chi connectivity index (χ4n) is 6.94. The van der Waals surface area contributed by atoms with E-state index in [0.29, 0.717) is 23.9 Å². The lowest BCUT2D eigenvalue weighted by molar-refractivity contribution is -0.140. The third kappa shape index (κ3) is 12.6. The third-order valence-electron chi connectivity index (χ3n) is 10.3. The standard InChI is InChI=1S/C38H52N10O8S2/c1-23(2)34(36(55)41-21-33(54)47-17-15-46(16-18-47)32(53)20-40-29(50)13-14-48-30(51)11-12-31(48)52)45-38(57)42-25-9-7-24(8-10-25)19-39-28(49)6-4-3-5-27-35-26(22-58-27)43-37(56)44-35/h7-12,23,26-27,34-35H,3-6,13-22H2,1-2H3,(H,39,49)(H,40,50)(H,41,55)(H2,42,45,57)(H2,43,44,56)/t26-,27-,34-,35-/m0/s1. The highest BCUT2D eigenvalue weighted by Gasteiger charge is 2.42. The molecule has 4 aliphatic heterocycles. The summed E-state index contributed by atoms with van der Waals surface area (Å²) in [5.74, 6) is -1.72. The van der Waals surface area contributed by atoms with Gasteiger partial charge in [0.05, 0.1) is 25.2 Å². The van der Waals surface area contributed by atoms with E-state index < -0.39 is 29.7 Å². The molecule has 4 aliphatic rings. The van der Waals surface area contributed by atoms with Gasteiger partial charge in [0, 0.05) is 81.0 Å². The molecule has 0 spiro atoms. The first-order valence-electron chi connectivity index (χ1n) is 19.5. The first-order valence-corrected chi connectivity index (χ1v) is 21.0. The Kier molecular flexibility index (Phi) is 15.9. The minimum absolute atomic E-state index is 0.0144. The van der Waals surface area contributed by atoms with Crippen molar-refractivity contribution in [3.63, 3.8) is 0 Å². The maximum atomic E-state index is 13.1. The van der Waals surface area contributed by atoms with Crippen molar-refractivity contribution in [3.05, 3.63) is 42.0 Å². The molecule has 314 valence electrons. The summed E-state index contributed by atoms with van der Waals surface area (Å²) in [6.45, 7) is 4.56. The molecular weight excluding hydrogens is 789 g/mol. The van der Waals surface area contributed by atoms with Gasteiger partial charge in [-0.1, -0.05) is 32.4 Å². The minimum Gasteiger partial charge on any atom is -0.352 e. The van der Waals surface area contributed by atoms with Crippen molar-refractivity contribution in [3.8, 4) is 0 Å². The van der Waals surface area contributed by atoms with E-state index in [0.717, 1.165) is 47.6 Å². The number of nitrogens with one attached hydrogen (secondary N) is 7. The van der Waals surface area contributed by atoms with E-state index >= 15 is 0 Å². The van der Waals surface area contributed by atoms with Crippen molar-refractivity contribution in [1.29, 1.82) is 0 Å². The molecule has 20 heteroatoms. The van der Waals surface area contributed by atoms with Gasteiger partial charge in [0.2, 0.25) is 29.5 Å². The van der Waals surface area contributed by atoms with Gasteiger partial charge in [-0.2, -0.15) is 11.8 Å². The van der Waals surface area contributed by atoms with Gasteiger partial charge in [0.1, 0.15) is 6.04 Å². The van der Waals surface area contributed by atoms with Gasteiger partial charge >= 0.3 is 6.03 Å². The fraction of sp³-hybridized carbons (Fsp3) is 0.553. The predicted octanol–water partition coefficient (Wildman–Crippen LogP) is -0.442. The number of anilines is 1. The molecule has 0 bridgehead atoms. The van der Waals surface area contributed by atoms with Crippen LogP contribution in [0.15, 0.2) is 36.4 Å². The van der Waals surface area contributed by atoms with E-state index in [1.54, 1.807) is 4.90 Å². The van der Waals surface area contributed by atoms with Crippen LogP contribution in [0.1, 0.15) is 51.5 Å². The molecule has 0 saturated carbocycles. The second-order valence-corrected chi connectivity index (χ2v) is 16.5. The van der Waals surface area contributed by atoms with Crippen molar-refractivity contribution in [2.24, 2.45) is 5.92 Å². The number of benzene rings is 1. The number of fused-ring (bicyclic) bond motifs is 1. The van der Waals surface area contributed by atoms with Crippen LogP contribution in [-0.4, -0.2) is 142 Å². The van der Waals surface area contributed by atoms with E-state index in [9.17, 15) is 38.4 Å². The average molecular weight is 841 g/mol. The SMILES string of the molecule is CC(C)[C@H](NC(=S)Nc1ccc(CNC(=O)CCCC[C@@H]2SC[C@@H]3NC(=O)N[C@@H]32)cc1)C(=O)NCC(=O)N1CCN(C(=O)CNC(=O)CCN2C(=O)C=CC2=O)CC1. The van der Waals surface area contributed by atoms with Crippen LogP contribution in [0.25, 0.3) is 0 Å². The molecule has 9 amide bonds. The summed E-state index contributed by atoms with van der Waals surface area (Å²) in [5, 5.41) is 20.8. The molecule has 0 unspecified atom stereocenters. The number of urea groups is 1. The van der Waals surface area contributed by atoms with Gasteiger partial charge in [0.25, 0.3) is 11.8 Å². The molecule has 4 heterocycles. The van der Waals surface area contributed by atoms with Crippen LogP contribution in [0.5, 0.6) is 0 Å². The molecule has 1 aromatic rings. The lowest BCUT2D eigenvalue weighted by Gasteiger charge is -2.35. The van der Waals surface area contributed by atoms with Gasteiger partial charge in [-0.05, 0) is 48.7 Å². The van der Waals surface area contributed by atoms with Crippen molar-refractivity contribution in [1.82, 2.24) is 46.6 Å². The van der Waals surface area contributed by atoms with Gasteiger partial charge in [-0.3, -0.25) is 38.5 Å². The van der Waals surface area contributed by atoms with Crippen LogP contribution in [-0.2, 0) is 40.1 Å².